The van der Waals surface area contributed by atoms with Crippen LogP contribution >= 0.6 is 38.5 Å². The van der Waals surface area contributed by atoms with E-state index in [0.29, 0.717) is 8.57 Å². The van der Waals surface area contributed by atoms with E-state index >= 15 is 0 Å². The van der Waals surface area contributed by atoms with Crippen LogP contribution in [0.15, 0.2) is 15.3 Å². The summed E-state index contributed by atoms with van der Waals surface area (Å²) in [5.74, 6) is 0. The Balaban J connectivity index is 3.04. The summed E-state index contributed by atoms with van der Waals surface area (Å²) in [6, 6.07) is 0. The van der Waals surface area contributed by atoms with E-state index in [2.05, 4.69) is 20.9 Å². The molecule has 1 heterocycles. The molecule has 0 fully saturated rings. The minimum absolute atomic E-state index is 0.657. The number of nitrogens with zero attached hydrogens (tertiary/aromatic N) is 1. The molecule has 0 unspecified atom stereocenters. The lowest BCUT2D eigenvalue weighted by Gasteiger charge is -1.69. The van der Waals surface area contributed by atoms with E-state index in [-0.39, 0.29) is 0 Å². The van der Waals surface area contributed by atoms with Gasteiger partial charge >= 0.3 is 0 Å². The Morgan fingerprint density at radius 3 is 2.71 bits per heavy atom. The average molecular weight is 274 g/mol. The van der Waals surface area contributed by atoms with Crippen molar-refractivity contribution in [2.75, 3.05) is 0 Å². The van der Waals surface area contributed by atoms with Gasteiger partial charge in [0.1, 0.15) is 0 Å². The average Bonchev–Trinajstić information content (AvgIpc) is 1.87. The lowest BCUT2D eigenvalue weighted by atomic mass is 11.0. The van der Waals surface area contributed by atoms with E-state index in [9.17, 15) is 0 Å². The van der Waals surface area contributed by atoms with Crippen LogP contribution in [0.5, 0.6) is 0 Å². The van der Waals surface area contributed by atoms with E-state index < -0.39 is 0 Å². The van der Waals surface area contributed by atoms with Crippen molar-refractivity contribution in [3.8, 4) is 0 Å². The monoisotopic (exact) mass is 273 g/mol. The third-order valence-electron chi connectivity index (χ3n) is 0.449. The van der Waals surface area contributed by atoms with Crippen molar-refractivity contribution in [1.29, 1.82) is 0 Å². The standard InChI is InChI=1S/C3HBrINO/c4-2-1-6-3(5)7-2/h1H. The smallest absolute Gasteiger partial charge is 0.258 e. The van der Waals surface area contributed by atoms with Gasteiger partial charge < -0.3 is 4.42 Å². The number of rotatable bonds is 0. The van der Waals surface area contributed by atoms with Crippen molar-refractivity contribution in [1.82, 2.24) is 4.98 Å². The number of halogens is 2. The second-order valence-electron chi connectivity index (χ2n) is 0.917. The Labute approximate surface area is 62.6 Å². The maximum atomic E-state index is 4.88. The first-order valence-electron chi connectivity index (χ1n) is 1.56. The minimum Gasteiger partial charge on any atom is -0.425 e. The maximum absolute atomic E-state index is 4.88. The van der Waals surface area contributed by atoms with Crippen LogP contribution in [0.25, 0.3) is 0 Å². The van der Waals surface area contributed by atoms with E-state index in [1.165, 1.54) is 0 Å². The molecule has 0 atom stereocenters. The summed E-state index contributed by atoms with van der Waals surface area (Å²) >= 11 is 5.09. The molecular weight excluding hydrogens is 273 g/mol. The maximum Gasteiger partial charge on any atom is 0.258 e. The van der Waals surface area contributed by atoms with Crippen molar-refractivity contribution in [3.05, 3.63) is 14.8 Å². The number of oxazole rings is 1. The normalized spacial score (nSPS) is 9.43. The minimum atomic E-state index is 0.657. The van der Waals surface area contributed by atoms with Gasteiger partial charge in [-0.25, -0.2) is 4.98 Å². The van der Waals surface area contributed by atoms with Crippen molar-refractivity contribution in [3.63, 3.8) is 0 Å². The van der Waals surface area contributed by atoms with Crippen LogP contribution in [0.4, 0.5) is 0 Å². The molecule has 0 aliphatic heterocycles. The molecule has 0 spiro atoms. The summed E-state index contributed by atoms with van der Waals surface area (Å²) in [4.78, 5) is 3.79. The van der Waals surface area contributed by atoms with E-state index in [1.807, 2.05) is 22.6 Å². The zero-order valence-electron chi connectivity index (χ0n) is 3.19. The Bertz CT molecular complexity index is 147. The summed E-state index contributed by atoms with van der Waals surface area (Å²) in [6.45, 7) is 0. The van der Waals surface area contributed by atoms with E-state index in [0.717, 1.165) is 0 Å². The molecule has 0 aliphatic carbocycles. The van der Waals surface area contributed by atoms with Gasteiger partial charge in [-0.2, -0.15) is 0 Å². The van der Waals surface area contributed by atoms with Crippen LogP contribution in [0.1, 0.15) is 0 Å². The Morgan fingerprint density at radius 1 is 1.86 bits per heavy atom. The molecule has 0 bridgehead atoms. The molecule has 38 valence electrons. The van der Waals surface area contributed by atoms with Gasteiger partial charge in [0.2, 0.25) is 0 Å². The largest absolute Gasteiger partial charge is 0.425 e. The van der Waals surface area contributed by atoms with Crippen LogP contribution < -0.4 is 0 Å². The van der Waals surface area contributed by atoms with E-state index in [1.54, 1.807) is 6.20 Å². The second-order valence-corrected chi connectivity index (χ2v) is 2.62. The summed E-state index contributed by atoms with van der Waals surface area (Å²) in [7, 11) is 0. The second kappa shape index (κ2) is 2.13. The van der Waals surface area contributed by atoms with Crippen LogP contribution in [-0.2, 0) is 0 Å². The van der Waals surface area contributed by atoms with Gasteiger partial charge in [0, 0.05) is 22.6 Å². The fourth-order valence-electron chi connectivity index (χ4n) is 0.235. The zero-order valence-corrected chi connectivity index (χ0v) is 6.93. The molecule has 1 aromatic rings. The molecule has 0 amide bonds. The van der Waals surface area contributed by atoms with E-state index in [4.69, 9.17) is 4.42 Å². The van der Waals surface area contributed by atoms with Crippen LogP contribution in [0.2, 0.25) is 0 Å². The molecule has 7 heavy (non-hydrogen) atoms. The van der Waals surface area contributed by atoms with Gasteiger partial charge in [0.05, 0.1) is 6.20 Å². The van der Waals surface area contributed by atoms with Crippen LogP contribution in [-0.4, -0.2) is 4.98 Å². The molecule has 0 aliphatic rings. The molecule has 4 heteroatoms. The molecule has 0 saturated carbocycles. The molecule has 1 aromatic heterocycles. The predicted molar refractivity (Wildman–Crippen MR) is 36.9 cm³/mol. The fourth-order valence-corrected chi connectivity index (χ4v) is 1.17. The summed E-state index contributed by atoms with van der Waals surface area (Å²) in [5.41, 5.74) is 0. The third kappa shape index (κ3) is 1.41. The predicted octanol–water partition coefficient (Wildman–Crippen LogP) is 2.04. The first-order valence-corrected chi connectivity index (χ1v) is 3.43. The fraction of sp³-hybridized carbons (Fsp3) is 0. The molecular formula is C3HBrINO. The highest BCUT2D eigenvalue weighted by Crippen LogP contribution is 2.11. The lowest BCUT2D eigenvalue weighted by molar-refractivity contribution is 0.502. The first-order chi connectivity index (χ1) is 3.29. The Kier molecular flexibility index (Phi) is 1.69. The van der Waals surface area contributed by atoms with Gasteiger partial charge in [-0.1, -0.05) is 0 Å². The Hall–Kier alpha value is 0.420. The lowest BCUT2D eigenvalue weighted by Crippen LogP contribution is -1.57. The van der Waals surface area contributed by atoms with Crippen molar-refractivity contribution in [2.45, 2.75) is 0 Å². The Morgan fingerprint density at radius 2 is 2.57 bits per heavy atom. The SMILES string of the molecule is Brc1cnc(I)o1. The number of hydrogen-bond donors (Lipinski definition) is 0. The van der Waals surface area contributed by atoms with Crippen molar-refractivity contribution < 1.29 is 4.42 Å². The van der Waals surface area contributed by atoms with Crippen molar-refractivity contribution >= 4 is 38.5 Å². The third-order valence-corrected chi connectivity index (χ3v) is 1.31. The quantitative estimate of drug-likeness (QED) is 0.676. The highest BCUT2D eigenvalue weighted by atomic mass is 127. The van der Waals surface area contributed by atoms with Gasteiger partial charge in [0.25, 0.3) is 3.90 Å². The summed E-state index contributed by atoms with van der Waals surface area (Å²) in [6.07, 6.45) is 1.61. The molecule has 0 aromatic carbocycles. The molecule has 0 saturated heterocycles. The van der Waals surface area contributed by atoms with Gasteiger partial charge in [0.15, 0.2) is 4.67 Å². The molecule has 1 rings (SSSR count). The number of hydrogen-bond acceptors (Lipinski definition) is 2. The number of aromatic nitrogens is 1. The van der Waals surface area contributed by atoms with Gasteiger partial charge in [-0.15, -0.1) is 0 Å². The molecule has 0 N–H and O–H groups in total. The molecule has 2 nitrogen and oxygen atoms in total. The first kappa shape index (κ1) is 5.55. The van der Waals surface area contributed by atoms with Gasteiger partial charge in [-0.3, -0.25) is 0 Å². The van der Waals surface area contributed by atoms with Crippen LogP contribution in [0.3, 0.4) is 0 Å². The molecule has 0 radical (unpaired) electrons. The summed E-state index contributed by atoms with van der Waals surface area (Å²) in [5, 5.41) is 0. The topological polar surface area (TPSA) is 26.0 Å². The highest BCUT2D eigenvalue weighted by Gasteiger charge is 1.91. The van der Waals surface area contributed by atoms with Crippen molar-refractivity contribution in [2.24, 2.45) is 0 Å². The summed E-state index contributed by atoms with van der Waals surface area (Å²) < 4.78 is 6.21. The van der Waals surface area contributed by atoms with Crippen LogP contribution in [0, 0.1) is 3.90 Å². The highest BCUT2D eigenvalue weighted by molar-refractivity contribution is 14.1. The zero-order chi connectivity index (χ0) is 5.28. The van der Waals surface area contributed by atoms with Gasteiger partial charge in [-0.05, 0) is 15.9 Å².